The van der Waals surface area contributed by atoms with Crippen LogP contribution in [0.4, 0.5) is 24.7 Å². The number of nitrogens with zero attached hydrogens (tertiary/aromatic N) is 5. The Morgan fingerprint density at radius 2 is 2.02 bits per heavy atom. The van der Waals surface area contributed by atoms with Crippen LogP contribution in [0, 0.1) is 0 Å². The number of hydrogen-bond acceptors (Lipinski definition) is 9. The highest BCUT2D eigenvalue weighted by atomic mass is 35.5. The number of nitrogens with one attached hydrogen (secondary N) is 3. The van der Waals surface area contributed by atoms with Gasteiger partial charge < -0.3 is 21.1 Å². The number of amides is 1. The van der Waals surface area contributed by atoms with Crippen molar-refractivity contribution in [2.45, 2.75) is 31.6 Å². The summed E-state index contributed by atoms with van der Waals surface area (Å²) in [5, 5.41) is 22.6. The Morgan fingerprint density at radius 3 is 2.67 bits per heavy atom. The number of H-pyrrole nitrogens is 1. The standard InChI is InChI=1S/C21H24ClN9O3S.C2HF3O2/c1-11(26-21(32)16-19(23)28-31-6-3-5-24-20(16)31)13-8-15(22)14-9-25-27-17(14)18(13)30-7-4-12(10-30)29-35(2,33)34;3-2(4,5)1(6)7/h3,5-6,8-9,11-12,29H,4,7,10H2,1-2H3,(H2,23,28)(H,25,27)(H,26,32);(H,6,7)/t11?,12-;/m1./s1. The lowest BCUT2D eigenvalue weighted by Crippen LogP contribution is -2.36. The van der Waals surface area contributed by atoms with Crippen molar-refractivity contribution in [3.63, 3.8) is 0 Å². The van der Waals surface area contributed by atoms with Gasteiger partial charge in [0.15, 0.2) is 11.5 Å². The van der Waals surface area contributed by atoms with Crippen molar-refractivity contribution >= 4 is 61.6 Å². The third-order valence-corrected chi connectivity index (χ3v) is 7.35. The summed E-state index contributed by atoms with van der Waals surface area (Å²) in [6, 6.07) is 2.78. The first kappa shape index (κ1) is 30.8. The van der Waals surface area contributed by atoms with Crippen LogP contribution in [-0.4, -0.2) is 81.8 Å². The molecular weight excluding hydrogens is 607 g/mol. The third kappa shape index (κ3) is 6.66. The summed E-state index contributed by atoms with van der Waals surface area (Å²) in [5.41, 5.74) is 8.83. The second-order valence-corrected chi connectivity index (χ2v) is 11.6. The Labute approximate surface area is 241 Å². The molecule has 2 atom stereocenters. The van der Waals surface area contributed by atoms with Crippen LogP contribution in [0.3, 0.4) is 0 Å². The molecule has 1 unspecified atom stereocenters. The van der Waals surface area contributed by atoms with Crippen LogP contribution in [0.2, 0.25) is 5.02 Å². The molecule has 0 bridgehead atoms. The van der Waals surface area contributed by atoms with Gasteiger partial charge in [0.25, 0.3) is 5.91 Å². The predicted molar refractivity (Wildman–Crippen MR) is 147 cm³/mol. The van der Waals surface area contributed by atoms with E-state index in [0.29, 0.717) is 35.7 Å². The van der Waals surface area contributed by atoms with Crippen molar-refractivity contribution in [1.82, 2.24) is 34.8 Å². The topological polar surface area (TPSA) is 201 Å². The zero-order chi connectivity index (χ0) is 31.0. The molecule has 1 aliphatic rings. The van der Waals surface area contributed by atoms with Gasteiger partial charge in [-0.3, -0.25) is 9.89 Å². The monoisotopic (exact) mass is 631 g/mol. The molecule has 0 saturated carbocycles. The van der Waals surface area contributed by atoms with Gasteiger partial charge in [0.05, 0.1) is 34.7 Å². The Hall–Kier alpha value is -4.16. The van der Waals surface area contributed by atoms with Gasteiger partial charge in [0.1, 0.15) is 5.56 Å². The molecule has 42 heavy (non-hydrogen) atoms. The van der Waals surface area contributed by atoms with Crippen molar-refractivity contribution in [3.05, 3.63) is 46.9 Å². The molecule has 6 N–H and O–H groups in total. The number of anilines is 2. The number of hydrogen-bond donors (Lipinski definition) is 5. The van der Waals surface area contributed by atoms with E-state index in [0.717, 1.165) is 22.9 Å². The lowest BCUT2D eigenvalue weighted by Gasteiger charge is -2.26. The number of alkyl halides is 3. The molecule has 1 fully saturated rings. The minimum Gasteiger partial charge on any atom is -0.475 e. The van der Waals surface area contributed by atoms with Gasteiger partial charge in [-0.05, 0) is 25.5 Å². The number of nitrogens with two attached hydrogens (primary N) is 1. The lowest BCUT2D eigenvalue weighted by molar-refractivity contribution is -0.192. The fraction of sp³-hybridized carbons (Fsp3) is 0.348. The Morgan fingerprint density at radius 1 is 1.33 bits per heavy atom. The first-order chi connectivity index (χ1) is 19.6. The van der Waals surface area contributed by atoms with Crippen LogP contribution in [0.15, 0.2) is 30.7 Å². The van der Waals surface area contributed by atoms with Gasteiger partial charge in [0.2, 0.25) is 10.0 Å². The summed E-state index contributed by atoms with van der Waals surface area (Å²) < 4.78 is 59.3. The fourth-order valence-electron chi connectivity index (χ4n) is 4.58. The van der Waals surface area contributed by atoms with Crippen molar-refractivity contribution in [2.75, 3.05) is 30.0 Å². The molecule has 1 amide bonds. The van der Waals surface area contributed by atoms with E-state index < -0.39 is 34.1 Å². The molecule has 1 aromatic carbocycles. The molecule has 14 nitrogen and oxygen atoms in total. The number of aliphatic carboxylic acids is 1. The molecule has 4 aromatic rings. The largest absolute Gasteiger partial charge is 0.490 e. The van der Waals surface area contributed by atoms with E-state index in [4.69, 9.17) is 27.2 Å². The van der Waals surface area contributed by atoms with E-state index in [1.165, 1.54) is 4.52 Å². The maximum absolute atomic E-state index is 13.2. The van der Waals surface area contributed by atoms with Gasteiger partial charge in [-0.25, -0.2) is 27.4 Å². The number of sulfonamides is 1. The normalized spacial score (nSPS) is 16.3. The van der Waals surface area contributed by atoms with Crippen LogP contribution in [-0.2, 0) is 14.8 Å². The summed E-state index contributed by atoms with van der Waals surface area (Å²) in [5.74, 6) is -3.11. The molecular formula is C23H25ClF3N9O5S. The number of carbonyl (C=O) groups excluding carboxylic acids is 1. The minimum atomic E-state index is -5.08. The first-order valence-electron chi connectivity index (χ1n) is 12.1. The zero-order valence-electron chi connectivity index (χ0n) is 22.0. The van der Waals surface area contributed by atoms with E-state index in [9.17, 15) is 26.4 Å². The molecule has 1 aliphatic heterocycles. The number of rotatable bonds is 6. The highest BCUT2D eigenvalue weighted by molar-refractivity contribution is 7.88. The number of carbonyl (C=O) groups is 2. The summed E-state index contributed by atoms with van der Waals surface area (Å²) in [4.78, 5) is 28.4. The molecule has 0 radical (unpaired) electrons. The second kappa shape index (κ2) is 11.6. The van der Waals surface area contributed by atoms with Crippen molar-refractivity contribution < 1.29 is 36.3 Å². The number of halogens is 4. The number of benzene rings is 1. The number of aromatic amines is 1. The highest BCUT2D eigenvalue weighted by Gasteiger charge is 2.38. The summed E-state index contributed by atoms with van der Waals surface area (Å²) >= 11 is 6.56. The van der Waals surface area contributed by atoms with Crippen molar-refractivity contribution in [2.24, 2.45) is 0 Å². The lowest BCUT2D eigenvalue weighted by atomic mass is 10.0. The van der Waals surface area contributed by atoms with E-state index in [2.05, 4.69) is 35.2 Å². The highest BCUT2D eigenvalue weighted by Crippen LogP contribution is 2.39. The van der Waals surface area contributed by atoms with Gasteiger partial charge in [-0.1, -0.05) is 11.6 Å². The maximum Gasteiger partial charge on any atom is 0.490 e. The Bertz CT molecular complexity index is 1760. The van der Waals surface area contributed by atoms with Crippen molar-refractivity contribution in [3.8, 4) is 0 Å². The summed E-state index contributed by atoms with van der Waals surface area (Å²) in [6.07, 6.45) is 1.57. The number of aromatic nitrogens is 5. The average Bonchev–Trinajstić information content (AvgIpc) is 3.61. The third-order valence-electron chi connectivity index (χ3n) is 6.28. The average molecular weight is 632 g/mol. The number of nitrogen functional groups attached to an aromatic ring is 1. The molecule has 0 spiro atoms. The smallest absolute Gasteiger partial charge is 0.475 e. The van der Waals surface area contributed by atoms with Gasteiger partial charge in [0, 0.05) is 42.5 Å². The molecule has 1 saturated heterocycles. The van der Waals surface area contributed by atoms with Crippen LogP contribution in [0.1, 0.15) is 35.3 Å². The first-order valence-corrected chi connectivity index (χ1v) is 14.4. The molecule has 3 aromatic heterocycles. The minimum absolute atomic E-state index is 0.0740. The van der Waals surface area contributed by atoms with Crippen LogP contribution in [0.5, 0.6) is 0 Å². The number of carboxylic acid groups (broad SMARTS) is 1. The Balaban J connectivity index is 0.000000517. The van der Waals surface area contributed by atoms with Crippen LogP contribution >= 0.6 is 11.6 Å². The maximum atomic E-state index is 13.2. The molecule has 4 heterocycles. The molecule has 0 aliphatic carbocycles. The number of fused-ring (bicyclic) bond motifs is 2. The van der Waals surface area contributed by atoms with Crippen LogP contribution < -0.4 is 20.7 Å². The summed E-state index contributed by atoms with van der Waals surface area (Å²) in [7, 11) is -3.34. The predicted octanol–water partition coefficient (Wildman–Crippen LogP) is 2.09. The van der Waals surface area contributed by atoms with E-state index in [1.807, 2.05) is 6.92 Å². The second-order valence-electron chi connectivity index (χ2n) is 9.42. The molecule has 226 valence electrons. The zero-order valence-corrected chi connectivity index (χ0v) is 23.5. The SMILES string of the molecule is CC(NC(=O)c1c(N)nn2cccnc12)c1cc(Cl)c2cn[nH]c2c1N1CC[C@@H](NS(C)(=O)=O)C1.O=C(O)C(F)(F)F. The van der Waals surface area contributed by atoms with Crippen LogP contribution in [0.25, 0.3) is 16.6 Å². The summed E-state index contributed by atoms with van der Waals surface area (Å²) in [6.45, 7) is 2.91. The van der Waals surface area contributed by atoms with E-state index >= 15 is 0 Å². The van der Waals surface area contributed by atoms with Gasteiger partial charge in [-0.2, -0.15) is 18.3 Å². The Kier molecular flexibility index (Phi) is 8.51. The fourth-order valence-corrected chi connectivity index (χ4v) is 5.63. The van der Waals surface area contributed by atoms with E-state index in [-0.39, 0.29) is 17.4 Å². The molecule has 19 heteroatoms. The quantitative estimate of drug-likeness (QED) is 0.210. The van der Waals surface area contributed by atoms with E-state index in [1.54, 1.807) is 30.7 Å². The van der Waals surface area contributed by atoms with Crippen molar-refractivity contribution in [1.29, 1.82) is 0 Å². The van der Waals surface area contributed by atoms with Gasteiger partial charge >= 0.3 is 12.1 Å². The molecule has 5 rings (SSSR count). The number of carboxylic acids is 1. The van der Waals surface area contributed by atoms with Gasteiger partial charge in [-0.15, -0.1) is 5.10 Å².